The summed E-state index contributed by atoms with van der Waals surface area (Å²) in [6.45, 7) is 2.11. The second-order valence-electron chi connectivity index (χ2n) is 5.12. The molecule has 2 aromatic rings. The predicted molar refractivity (Wildman–Crippen MR) is 68.0 cm³/mol. The van der Waals surface area contributed by atoms with Crippen LogP contribution in [0.5, 0.6) is 0 Å². The SMILES string of the molecule is CC1(NC(=O)c2c[nH]c3ccccc23)CCC1. The first-order chi connectivity index (χ1) is 8.18. The van der Waals surface area contributed by atoms with Gasteiger partial charge in [0.25, 0.3) is 5.91 Å². The van der Waals surface area contributed by atoms with E-state index in [1.165, 1.54) is 6.42 Å². The fourth-order valence-corrected chi connectivity index (χ4v) is 2.43. The Morgan fingerprint density at radius 2 is 2.12 bits per heavy atom. The summed E-state index contributed by atoms with van der Waals surface area (Å²) in [6, 6.07) is 7.88. The maximum atomic E-state index is 12.2. The van der Waals surface area contributed by atoms with Gasteiger partial charge in [0.2, 0.25) is 0 Å². The van der Waals surface area contributed by atoms with Gasteiger partial charge in [-0.2, -0.15) is 0 Å². The van der Waals surface area contributed by atoms with Crippen LogP contribution in [0.15, 0.2) is 30.5 Å². The van der Waals surface area contributed by atoms with Gasteiger partial charge in [0.15, 0.2) is 0 Å². The molecule has 0 atom stereocenters. The van der Waals surface area contributed by atoms with Crippen molar-refractivity contribution >= 4 is 16.8 Å². The van der Waals surface area contributed by atoms with Crippen molar-refractivity contribution in [1.29, 1.82) is 0 Å². The molecular weight excluding hydrogens is 212 g/mol. The molecule has 1 aliphatic rings. The van der Waals surface area contributed by atoms with Gasteiger partial charge in [0.05, 0.1) is 5.56 Å². The number of amides is 1. The Bertz CT molecular complexity index is 566. The van der Waals surface area contributed by atoms with Gasteiger partial charge in [-0.25, -0.2) is 0 Å². The van der Waals surface area contributed by atoms with E-state index in [2.05, 4.69) is 17.2 Å². The molecule has 1 aromatic carbocycles. The molecule has 0 aliphatic heterocycles. The van der Waals surface area contributed by atoms with Gasteiger partial charge in [-0.3, -0.25) is 4.79 Å². The monoisotopic (exact) mass is 228 g/mol. The van der Waals surface area contributed by atoms with Gasteiger partial charge in [-0.15, -0.1) is 0 Å². The molecule has 3 rings (SSSR count). The van der Waals surface area contributed by atoms with E-state index in [0.29, 0.717) is 0 Å². The number of nitrogens with one attached hydrogen (secondary N) is 2. The standard InChI is InChI=1S/C14H16N2O/c1-14(7-4-8-14)16-13(17)11-9-15-12-6-3-2-5-10(11)12/h2-3,5-6,9,15H,4,7-8H2,1H3,(H,16,17). The smallest absolute Gasteiger partial charge is 0.253 e. The number of aromatic nitrogens is 1. The zero-order chi connectivity index (χ0) is 11.9. The molecule has 3 nitrogen and oxygen atoms in total. The number of para-hydroxylation sites is 1. The Hall–Kier alpha value is -1.77. The summed E-state index contributed by atoms with van der Waals surface area (Å²) in [4.78, 5) is 15.3. The van der Waals surface area contributed by atoms with Gasteiger partial charge < -0.3 is 10.3 Å². The van der Waals surface area contributed by atoms with Crippen LogP contribution in [0.25, 0.3) is 10.9 Å². The topological polar surface area (TPSA) is 44.9 Å². The van der Waals surface area contributed by atoms with Crippen LogP contribution in [-0.4, -0.2) is 16.4 Å². The average Bonchev–Trinajstić information content (AvgIpc) is 2.70. The zero-order valence-corrected chi connectivity index (χ0v) is 9.92. The first-order valence-corrected chi connectivity index (χ1v) is 6.07. The summed E-state index contributed by atoms with van der Waals surface area (Å²) in [5.41, 5.74) is 1.76. The quantitative estimate of drug-likeness (QED) is 0.815. The molecular formula is C14H16N2O. The van der Waals surface area contributed by atoms with Crippen molar-refractivity contribution in [1.82, 2.24) is 10.3 Å². The first-order valence-electron chi connectivity index (χ1n) is 6.07. The molecule has 1 amide bonds. The normalized spacial score (nSPS) is 17.7. The Labute approximate surface area is 100 Å². The van der Waals surface area contributed by atoms with Crippen molar-refractivity contribution in [3.63, 3.8) is 0 Å². The molecule has 1 aromatic heterocycles. The number of aromatic amines is 1. The van der Waals surface area contributed by atoms with Crippen LogP contribution in [0.3, 0.4) is 0 Å². The second kappa shape index (κ2) is 3.62. The number of benzene rings is 1. The van der Waals surface area contributed by atoms with Crippen LogP contribution < -0.4 is 5.32 Å². The van der Waals surface area contributed by atoms with Gasteiger partial charge in [-0.05, 0) is 32.3 Å². The molecule has 0 unspecified atom stereocenters. The molecule has 88 valence electrons. The van der Waals surface area contributed by atoms with Gasteiger partial charge in [-0.1, -0.05) is 18.2 Å². The molecule has 1 aliphatic carbocycles. The second-order valence-corrected chi connectivity index (χ2v) is 5.12. The Balaban J connectivity index is 1.90. The Morgan fingerprint density at radius 3 is 2.82 bits per heavy atom. The van der Waals surface area contributed by atoms with Crippen LogP contribution in [-0.2, 0) is 0 Å². The van der Waals surface area contributed by atoms with Crippen molar-refractivity contribution in [3.8, 4) is 0 Å². The predicted octanol–water partition coefficient (Wildman–Crippen LogP) is 2.84. The maximum absolute atomic E-state index is 12.2. The third kappa shape index (κ3) is 1.71. The summed E-state index contributed by atoms with van der Waals surface area (Å²) in [5, 5.41) is 4.12. The highest BCUT2D eigenvalue weighted by Gasteiger charge is 2.33. The maximum Gasteiger partial charge on any atom is 0.253 e. The lowest BCUT2D eigenvalue weighted by molar-refractivity contribution is 0.0852. The highest BCUT2D eigenvalue weighted by Crippen LogP contribution is 2.31. The lowest BCUT2D eigenvalue weighted by Gasteiger charge is -2.39. The van der Waals surface area contributed by atoms with Crippen LogP contribution in [0, 0.1) is 0 Å². The number of rotatable bonds is 2. The molecule has 0 radical (unpaired) electrons. The van der Waals surface area contributed by atoms with Gasteiger partial charge >= 0.3 is 0 Å². The number of hydrogen-bond acceptors (Lipinski definition) is 1. The van der Waals surface area contributed by atoms with Crippen LogP contribution in [0.2, 0.25) is 0 Å². The van der Waals surface area contributed by atoms with Gasteiger partial charge in [0, 0.05) is 22.6 Å². The van der Waals surface area contributed by atoms with Crippen molar-refractivity contribution in [3.05, 3.63) is 36.0 Å². The van der Waals surface area contributed by atoms with Crippen LogP contribution in [0.1, 0.15) is 36.5 Å². The van der Waals surface area contributed by atoms with E-state index in [4.69, 9.17) is 0 Å². The van der Waals surface area contributed by atoms with E-state index >= 15 is 0 Å². The van der Waals surface area contributed by atoms with Crippen LogP contribution in [0.4, 0.5) is 0 Å². The summed E-state index contributed by atoms with van der Waals surface area (Å²) in [5.74, 6) is 0.0321. The average molecular weight is 228 g/mol. The zero-order valence-electron chi connectivity index (χ0n) is 9.92. The minimum atomic E-state index is 0.00938. The van der Waals surface area contributed by atoms with Crippen molar-refractivity contribution < 1.29 is 4.79 Å². The lowest BCUT2D eigenvalue weighted by Crippen LogP contribution is -2.50. The largest absolute Gasteiger partial charge is 0.360 e. The summed E-state index contributed by atoms with van der Waals surface area (Å²) >= 11 is 0. The minimum absolute atomic E-state index is 0.00938. The van der Waals surface area contributed by atoms with Crippen LogP contribution >= 0.6 is 0 Å². The Kier molecular flexibility index (Phi) is 2.21. The number of carbonyl (C=O) groups excluding carboxylic acids is 1. The van der Waals surface area contributed by atoms with E-state index in [1.54, 1.807) is 6.20 Å². The number of fused-ring (bicyclic) bond motifs is 1. The van der Waals surface area contributed by atoms with E-state index in [9.17, 15) is 4.79 Å². The Morgan fingerprint density at radius 1 is 1.35 bits per heavy atom. The lowest BCUT2D eigenvalue weighted by atomic mass is 9.78. The van der Waals surface area contributed by atoms with E-state index < -0.39 is 0 Å². The summed E-state index contributed by atoms with van der Waals surface area (Å²) < 4.78 is 0. The molecule has 3 heteroatoms. The first kappa shape index (κ1) is 10.4. The minimum Gasteiger partial charge on any atom is -0.360 e. The number of carbonyl (C=O) groups is 1. The fourth-order valence-electron chi connectivity index (χ4n) is 2.43. The third-order valence-electron chi connectivity index (χ3n) is 3.71. The van der Waals surface area contributed by atoms with E-state index in [1.807, 2.05) is 24.3 Å². The van der Waals surface area contributed by atoms with E-state index in [0.717, 1.165) is 29.3 Å². The molecule has 0 saturated heterocycles. The highest BCUT2D eigenvalue weighted by atomic mass is 16.1. The molecule has 17 heavy (non-hydrogen) atoms. The molecule has 0 spiro atoms. The van der Waals surface area contributed by atoms with Crippen molar-refractivity contribution in [2.24, 2.45) is 0 Å². The fraction of sp³-hybridized carbons (Fsp3) is 0.357. The van der Waals surface area contributed by atoms with Crippen molar-refractivity contribution in [2.75, 3.05) is 0 Å². The number of H-pyrrole nitrogens is 1. The summed E-state index contributed by atoms with van der Waals surface area (Å²) in [7, 11) is 0. The number of hydrogen-bond donors (Lipinski definition) is 2. The van der Waals surface area contributed by atoms with E-state index in [-0.39, 0.29) is 11.4 Å². The molecule has 1 heterocycles. The molecule has 2 N–H and O–H groups in total. The summed E-state index contributed by atoms with van der Waals surface area (Å²) in [6.07, 6.45) is 5.18. The van der Waals surface area contributed by atoms with Gasteiger partial charge in [0.1, 0.15) is 0 Å². The van der Waals surface area contributed by atoms with Crippen molar-refractivity contribution in [2.45, 2.75) is 31.7 Å². The highest BCUT2D eigenvalue weighted by molar-refractivity contribution is 6.06. The molecule has 0 bridgehead atoms. The molecule has 1 saturated carbocycles. The third-order valence-corrected chi connectivity index (χ3v) is 3.71. The molecule has 1 fully saturated rings.